The minimum absolute atomic E-state index is 0.177. The first-order chi connectivity index (χ1) is 9.28. The molecule has 0 saturated heterocycles. The Morgan fingerprint density at radius 2 is 1.74 bits per heavy atom. The van der Waals surface area contributed by atoms with E-state index in [1.807, 2.05) is 37.0 Å². The van der Waals surface area contributed by atoms with Crippen molar-refractivity contribution in [2.45, 2.75) is 17.4 Å². The first-order valence-corrected chi connectivity index (χ1v) is 7.36. The largest absolute Gasteiger partial charge is 0.316 e. The smallest absolute Gasteiger partial charge is 0.123 e. The Morgan fingerprint density at radius 3 is 2.37 bits per heavy atom. The van der Waals surface area contributed by atoms with Crippen LogP contribution in [0.4, 0.5) is 4.39 Å². The van der Waals surface area contributed by atoms with Crippen LogP contribution in [-0.2, 0) is 6.42 Å². The Hall–Kier alpha value is -1.32. The maximum absolute atomic E-state index is 12.9. The lowest BCUT2D eigenvalue weighted by atomic mass is 10.1. The fraction of sp³-hybridized carbons (Fsp3) is 0.250. The van der Waals surface area contributed by atoms with Crippen LogP contribution >= 0.6 is 11.8 Å². The van der Waals surface area contributed by atoms with Crippen LogP contribution in [0.15, 0.2) is 59.5 Å². The molecule has 0 heterocycles. The van der Waals surface area contributed by atoms with Crippen LogP contribution in [0.1, 0.15) is 5.56 Å². The predicted molar refractivity (Wildman–Crippen MR) is 80.1 cm³/mol. The number of rotatable bonds is 6. The molecule has 0 aliphatic carbocycles. The Bertz CT molecular complexity index is 484. The number of hydrogen-bond acceptors (Lipinski definition) is 2. The maximum Gasteiger partial charge on any atom is 0.123 e. The van der Waals surface area contributed by atoms with Crippen LogP contribution < -0.4 is 5.32 Å². The van der Waals surface area contributed by atoms with E-state index in [-0.39, 0.29) is 5.82 Å². The van der Waals surface area contributed by atoms with Gasteiger partial charge in [-0.3, -0.25) is 0 Å². The molecule has 1 N–H and O–H groups in total. The number of benzene rings is 2. The molecule has 0 saturated carbocycles. The number of halogens is 1. The molecule has 0 fully saturated rings. The molecule has 1 unspecified atom stereocenters. The van der Waals surface area contributed by atoms with Gasteiger partial charge in [-0.15, -0.1) is 11.8 Å². The number of likely N-dealkylation sites (N-methyl/N-ethyl adjacent to an activating group) is 1. The summed E-state index contributed by atoms with van der Waals surface area (Å²) in [5.41, 5.74) is 1.16. The number of hydrogen-bond donors (Lipinski definition) is 1. The molecular weight excluding hydrogens is 257 g/mol. The second-order valence-corrected chi connectivity index (χ2v) is 5.53. The van der Waals surface area contributed by atoms with E-state index in [1.54, 1.807) is 0 Å². The van der Waals surface area contributed by atoms with Crippen molar-refractivity contribution in [2.75, 3.05) is 12.8 Å². The van der Waals surface area contributed by atoms with Gasteiger partial charge in [-0.25, -0.2) is 4.39 Å². The van der Waals surface area contributed by atoms with Gasteiger partial charge < -0.3 is 5.32 Å². The van der Waals surface area contributed by atoms with Gasteiger partial charge in [0.05, 0.1) is 0 Å². The van der Waals surface area contributed by atoms with Gasteiger partial charge in [-0.05, 0) is 43.3 Å². The zero-order chi connectivity index (χ0) is 13.5. The Labute approximate surface area is 118 Å². The van der Waals surface area contributed by atoms with Crippen molar-refractivity contribution in [1.29, 1.82) is 0 Å². The summed E-state index contributed by atoms with van der Waals surface area (Å²) in [5, 5.41) is 3.32. The van der Waals surface area contributed by atoms with Crippen molar-refractivity contribution >= 4 is 11.8 Å². The second-order valence-electron chi connectivity index (χ2n) is 4.44. The minimum Gasteiger partial charge on any atom is -0.316 e. The van der Waals surface area contributed by atoms with Gasteiger partial charge >= 0.3 is 0 Å². The third kappa shape index (κ3) is 4.69. The van der Waals surface area contributed by atoms with Crippen molar-refractivity contribution in [2.24, 2.45) is 0 Å². The van der Waals surface area contributed by atoms with Crippen molar-refractivity contribution in [3.8, 4) is 0 Å². The summed E-state index contributed by atoms with van der Waals surface area (Å²) in [6.07, 6.45) is 0.913. The first-order valence-electron chi connectivity index (χ1n) is 6.37. The van der Waals surface area contributed by atoms with E-state index in [1.165, 1.54) is 17.0 Å². The van der Waals surface area contributed by atoms with Crippen molar-refractivity contribution in [3.63, 3.8) is 0 Å². The van der Waals surface area contributed by atoms with Gasteiger partial charge in [0.2, 0.25) is 0 Å². The average molecular weight is 275 g/mol. The van der Waals surface area contributed by atoms with Gasteiger partial charge in [0.25, 0.3) is 0 Å². The van der Waals surface area contributed by atoms with E-state index in [0.29, 0.717) is 6.04 Å². The SMILES string of the molecule is CNC(CSc1ccccc1)Cc1ccc(F)cc1. The summed E-state index contributed by atoms with van der Waals surface area (Å²) >= 11 is 1.84. The monoisotopic (exact) mass is 275 g/mol. The van der Waals surface area contributed by atoms with Crippen LogP contribution in [0.3, 0.4) is 0 Å². The lowest BCUT2D eigenvalue weighted by Gasteiger charge is -2.16. The van der Waals surface area contributed by atoms with Crippen molar-refractivity contribution in [3.05, 3.63) is 66.0 Å². The highest BCUT2D eigenvalue weighted by atomic mass is 32.2. The third-order valence-corrected chi connectivity index (χ3v) is 4.17. The summed E-state index contributed by atoms with van der Waals surface area (Å²) in [7, 11) is 1.97. The van der Waals surface area contributed by atoms with Crippen LogP contribution in [-0.4, -0.2) is 18.8 Å². The van der Waals surface area contributed by atoms with Gasteiger partial charge in [0, 0.05) is 16.7 Å². The molecule has 2 rings (SSSR count). The normalized spacial score (nSPS) is 12.3. The minimum atomic E-state index is -0.177. The topological polar surface area (TPSA) is 12.0 Å². The third-order valence-electron chi connectivity index (χ3n) is 3.00. The Balaban J connectivity index is 1.88. The molecule has 0 spiro atoms. The molecule has 0 aliphatic heterocycles. The van der Waals surface area contributed by atoms with Gasteiger partial charge in [0.1, 0.15) is 5.82 Å². The summed E-state index contributed by atoms with van der Waals surface area (Å²) in [6, 6.07) is 17.5. The average Bonchev–Trinajstić information content (AvgIpc) is 2.46. The molecule has 2 aromatic carbocycles. The van der Waals surface area contributed by atoms with Crippen LogP contribution in [0.25, 0.3) is 0 Å². The fourth-order valence-electron chi connectivity index (χ4n) is 1.86. The number of nitrogens with one attached hydrogen (secondary N) is 1. The van der Waals surface area contributed by atoms with Gasteiger partial charge in [0.15, 0.2) is 0 Å². The predicted octanol–water partition coefficient (Wildman–Crippen LogP) is 3.75. The molecule has 100 valence electrons. The summed E-state index contributed by atoms with van der Waals surface area (Å²) < 4.78 is 12.9. The van der Waals surface area contributed by atoms with E-state index in [2.05, 4.69) is 29.6 Å². The van der Waals surface area contributed by atoms with Crippen molar-refractivity contribution in [1.82, 2.24) is 5.32 Å². The molecular formula is C16H18FNS. The summed E-state index contributed by atoms with van der Waals surface area (Å²) in [6.45, 7) is 0. The highest BCUT2D eigenvalue weighted by molar-refractivity contribution is 7.99. The highest BCUT2D eigenvalue weighted by Gasteiger charge is 2.08. The van der Waals surface area contributed by atoms with E-state index < -0.39 is 0 Å². The molecule has 1 nitrogen and oxygen atoms in total. The van der Waals surface area contributed by atoms with Crippen LogP contribution in [0.5, 0.6) is 0 Å². The molecule has 0 amide bonds. The van der Waals surface area contributed by atoms with Crippen LogP contribution in [0.2, 0.25) is 0 Å². The van der Waals surface area contributed by atoms with Crippen LogP contribution in [0, 0.1) is 5.82 Å². The number of thioether (sulfide) groups is 1. The van der Waals surface area contributed by atoms with E-state index in [0.717, 1.165) is 17.7 Å². The summed E-state index contributed by atoms with van der Waals surface area (Å²) in [4.78, 5) is 1.28. The molecule has 1 atom stereocenters. The standard InChI is InChI=1S/C16H18FNS/c1-18-15(11-13-7-9-14(17)10-8-13)12-19-16-5-3-2-4-6-16/h2-10,15,18H,11-12H2,1H3. The van der Waals surface area contributed by atoms with Crippen molar-refractivity contribution < 1.29 is 4.39 Å². The maximum atomic E-state index is 12.9. The molecule has 3 heteroatoms. The van der Waals surface area contributed by atoms with E-state index in [9.17, 15) is 4.39 Å². The molecule has 0 aliphatic rings. The lowest BCUT2D eigenvalue weighted by molar-refractivity contribution is 0.609. The lowest BCUT2D eigenvalue weighted by Crippen LogP contribution is -2.30. The molecule has 2 aromatic rings. The van der Waals surface area contributed by atoms with E-state index in [4.69, 9.17) is 0 Å². The zero-order valence-electron chi connectivity index (χ0n) is 11.0. The first kappa shape index (κ1) is 14.1. The van der Waals surface area contributed by atoms with E-state index >= 15 is 0 Å². The Kier molecular flexibility index (Phi) is 5.43. The molecule has 0 aromatic heterocycles. The highest BCUT2D eigenvalue weighted by Crippen LogP contribution is 2.19. The fourth-order valence-corrected chi connectivity index (χ4v) is 2.89. The van der Waals surface area contributed by atoms with Gasteiger partial charge in [-0.1, -0.05) is 30.3 Å². The Morgan fingerprint density at radius 1 is 1.05 bits per heavy atom. The zero-order valence-corrected chi connectivity index (χ0v) is 11.8. The second kappa shape index (κ2) is 7.31. The summed E-state index contributed by atoms with van der Waals surface area (Å²) in [5.74, 6) is 0.821. The molecule has 0 radical (unpaired) electrons. The quantitative estimate of drug-likeness (QED) is 0.806. The molecule has 19 heavy (non-hydrogen) atoms. The van der Waals surface area contributed by atoms with Gasteiger partial charge in [-0.2, -0.15) is 0 Å². The molecule has 0 bridgehead atoms.